The lowest BCUT2D eigenvalue weighted by molar-refractivity contribution is -0.139. The quantitative estimate of drug-likeness (QED) is 0.500. The topological polar surface area (TPSA) is 109 Å². The van der Waals surface area contributed by atoms with E-state index in [1.54, 1.807) is 30.3 Å². The fourth-order valence-corrected chi connectivity index (χ4v) is 3.85. The van der Waals surface area contributed by atoms with Crippen molar-refractivity contribution in [3.63, 3.8) is 0 Å². The summed E-state index contributed by atoms with van der Waals surface area (Å²) in [6.07, 6.45) is 1.03. The number of hydrogen-bond acceptors (Lipinski definition) is 5. The van der Waals surface area contributed by atoms with Crippen LogP contribution in [-0.2, 0) is 11.2 Å². The summed E-state index contributed by atoms with van der Waals surface area (Å²) in [6.45, 7) is 0.758. The van der Waals surface area contributed by atoms with Crippen LogP contribution in [0.4, 0.5) is 0 Å². The third kappa shape index (κ3) is 5.30. The van der Waals surface area contributed by atoms with Crippen molar-refractivity contribution in [1.29, 1.82) is 5.26 Å². The Balaban J connectivity index is 1.41. The highest BCUT2D eigenvalue weighted by Gasteiger charge is 2.29. The van der Waals surface area contributed by atoms with E-state index < -0.39 is 11.9 Å². The molecule has 34 heavy (non-hydrogen) atoms. The van der Waals surface area contributed by atoms with Crippen LogP contribution in [0.5, 0.6) is 17.2 Å². The minimum atomic E-state index is -0.955. The highest BCUT2D eigenvalue weighted by molar-refractivity contribution is 6.30. The number of rotatable bonds is 7. The zero-order valence-corrected chi connectivity index (χ0v) is 18.8. The lowest BCUT2D eigenvalue weighted by Crippen LogP contribution is -2.25. The van der Waals surface area contributed by atoms with E-state index in [1.165, 1.54) is 6.07 Å². The molecule has 3 aromatic carbocycles. The number of carboxylic acid groups (broad SMARTS) is 1. The van der Waals surface area contributed by atoms with Crippen LogP contribution < -0.4 is 14.8 Å². The smallest absolute Gasteiger partial charge is 0.311 e. The van der Waals surface area contributed by atoms with Crippen LogP contribution in [0.1, 0.15) is 39.4 Å². The highest BCUT2D eigenvalue weighted by Crippen LogP contribution is 2.39. The van der Waals surface area contributed by atoms with Crippen molar-refractivity contribution in [3.8, 4) is 23.3 Å². The maximum absolute atomic E-state index is 12.4. The summed E-state index contributed by atoms with van der Waals surface area (Å²) in [6, 6.07) is 19.1. The van der Waals surface area contributed by atoms with Gasteiger partial charge < -0.3 is 19.9 Å². The Morgan fingerprint density at radius 3 is 2.56 bits per heavy atom. The molecule has 0 spiro atoms. The van der Waals surface area contributed by atoms with Gasteiger partial charge in [-0.25, -0.2) is 0 Å². The molecule has 8 heteroatoms. The predicted molar refractivity (Wildman–Crippen MR) is 126 cm³/mol. The maximum Gasteiger partial charge on any atom is 0.311 e. The summed E-state index contributed by atoms with van der Waals surface area (Å²) in [5, 5.41) is 22.5. The van der Waals surface area contributed by atoms with Crippen molar-refractivity contribution < 1.29 is 24.2 Å². The fraction of sp³-hybridized carbons (Fsp3) is 0.192. The summed E-state index contributed by atoms with van der Waals surface area (Å²) in [5.74, 6) is -0.803. The van der Waals surface area contributed by atoms with Gasteiger partial charge in [-0.2, -0.15) is 5.26 Å². The number of carbonyl (C=O) groups excluding carboxylic acids is 1. The molecule has 1 atom stereocenters. The number of benzene rings is 3. The Morgan fingerprint density at radius 1 is 1.15 bits per heavy atom. The molecule has 3 aromatic rings. The van der Waals surface area contributed by atoms with Crippen molar-refractivity contribution in [2.75, 3.05) is 13.2 Å². The first-order valence-corrected chi connectivity index (χ1v) is 11.1. The van der Waals surface area contributed by atoms with E-state index >= 15 is 0 Å². The van der Waals surface area contributed by atoms with Gasteiger partial charge in [0, 0.05) is 28.8 Å². The molecule has 0 aliphatic carbocycles. The lowest BCUT2D eigenvalue weighted by atomic mass is 9.91. The summed E-state index contributed by atoms with van der Waals surface area (Å²) in [7, 11) is 0. The predicted octanol–water partition coefficient (Wildman–Crippen LogP) is 4.93. The van der Waals surface area contributed by atoms with Gasteiger partial charge in [0.25, 0.3) is 5.91 Å². The Labute approximate surface area is 201 Å². The van der Waals surface area contributed by atoms with Crippen LogP contribution in [0.2, 0.25) is 5.02 Å². The van der Waals surface area contributed by atoms with E-state index in [1.807, 2.05) is 30.3 Å². The molecule has 7 nitrogen and oxygen atoms in total. The molecule has 1 unspecified atom stereocenters. The van der Waals surface area contributed by atoms with E-state index in [4.69, 9.17) is 21.1 Å². The molecular weight excluding hydrogens is 456 g/mol. The number of nitrogens with zero attached hydrogens (tertiary/aromatic N) is 1. The second kappa shape index (κ2) is 10.3. The number of fused-ring (bicyclic) bond motifs is 1. The van der Waals surface area contributed by atoms with Gasteiger partial charge in [0.05, 0.1) is 18.1 Å². The van der Waals surface area contributed by atoms with E-state index in [2.05, 4.69) is 5.32 Å². The molecule has 1 amide bonds. The van der Waals surface area contributed by atoms with Gasteiger partial charge in [-0.05, 0) is 60.9 Å². The lowest BCUT2D eigenvalue weighted by Gasteiger charge is -2.24. The van der Waals surface area contributed by atoms with Gasteiger partial charge in [0.15, 0.2) is 0 Å². The largest absolute Gasteiger partial charge is 0.493 e. The van der Waals surface area contributed by atoms with Crippen LogP contribution in [-0.4, -0.2) is 30.1 Å². The first-order chi connectivity index (χ1) is 16.4. The molecule has 2 N–H and O–H groups in total. The van der Waals surface area contributed by atoms with Gasteiger partial charge in [-0.15, -0.1) is 0 Å². The number of ether oxygens (including phenoxy) is 2. The van der Waals surface area contributed by atoms with E-state index in [0.717, 1.165) is 5.56 Å². The number of nitriles is 1. The second-order valence-electron chi connectivity index (χ2n) is 7.78. The SMILES string of the molecule is N#Cc1cc2c(cc1Oc1ccc(C(=O)NCCc3ccc(Cl)cc3)cc1)OCCC2C(=O)O. The van der Waals surface area contributed by atoms with Crippen molar-refractivity contribution in [2.24, 2.45) is 0 Å². The van der Waals surface area contributed by atoms with Crippen LogP contribution in [0.25, 0.3) is 0 Å². The summed E-state index contributed by atoms with van der Waals surface area (Å²) in [4.78, 5) is 23.9. The Morgan fingerprint density at radius 2 is 1.88 bits per heavy atom. The Bertz CT molecular complexity index is 1250. The maximum atomic E-state index is 12.4. The number of amides is 1. The van der Waals surface area contributed by atoms with Crippen LogP contribution >= 0.6 is 11.6 Å². The molecule has 0 fully saturated rings. The molecule has 0 radical (unpaired) electrons. The van der Waals surface area contributed by atoms with Crippen LogP contribution in [0.3, 0.4) is 0 Å². The molecule has 0 saturated carbocycles. The fourth-order valence-electron chi connectivity index (χ4n) is 3.72. The van der Waals surface area contributed by atoms with Gasteiger partial charge in [-0.1, -0.05) is 23.7 Å². The first kappa shape index (κ1) is 23.1. The number of carbonyl (C=O) groups is 2. The number of halogens is 1. The van der Waals surface area contributed by atoms with E-state index in [0.29, 0.717) is 47.0 Å². The Hall–Kier alpha value is -4.02. The number of carboxylic acids is 1. The molecule has 0 saturated heterocycles. The third-order valence-corrected chi connectivity index (χ3v) is 5.78. The number of aliphatic carboxylic acids is 1. The van der Waals surface area contributed by atoms with Gasteiger partial charge in [0.2, 0.25) is 0 Å². The van der Waals surface area contributed by atoms with E-state index in [9.17, 15) is 20.0 Å². The summed E-state index contributed by atoms with van der Waals surface area (Å²) >= 11 is 5.88. The minimum Gasteiger partial charge on any atom is -0.493 e. The summed E-state index contributed by atoms with van der Waals surface area (Å²) < 4.78 is 11.4. The zero-order valence-electron chi connectivity index (χ0n) is 18.1. The van der Waals surface area contributed by atoms with Crippen molar-refractivity contribution in [1.82, 2.24) is 5.32 Å². The monoisotopic (exact) mass is 476 g/mol. The van der Waals surface area contributed by atoms with Crippen molar-refractivity contribution >= 4 is 23.5 Å². The van der Waals surface area contributed by atoms with E-state index in [-0.39, 0.29) is 23.8 Å². The molecule has 1 aliphatic heterocycles. The molecular formula is C26H21ClN2O5. The zero-order chi connectivity index (χ0) is 24.1. The normalized spacial score (nSPS) is 14.3. The minimum absolute atomic E-state index is 0.208. The average Bonchev–Trinajstić information content (AvgIpc) is 2.84. The van der Waals surface area contributed by atoms with Gasteiger partial charge in [0.1, 0.15) is 23.3 Å². The number of nitrogens with one attached hydrogen (secondary N) is 1. The van der Waals surface area contributed by atoms with Crippen LogP contribution in [0.15, 0.2) is 60.7 Å². The van der Waals surface area contributed by atoms with Crippen molar-refractivity contribution in [2.45, 2.75) is 18.8 Å². The number of hydrogen-bond donors (Lipinski definition) is 2. The standard InChI is InChI=1S/C26H21ClN2O5/c27-19-5-1-16(2-6-19)9-11-29-25(30)17-3-7-20(8-4-17)34-23-14-24-22(13-18(23)15-28)21(26(31)32)10-12-33-24/h1-8,13-14,21H,9-12H2,(H,29,30)(H,31,32). The molecule has 1 aliphatic rings. The third-order valence-electron chi connectivity index (χ3n) is 5.53. The van der Waals surface area contributed by atoms with Crippen LogP contribution in [0, 0.1) is 11.3 Å². The summed E-state index contributed by atoms with van der Waals surface area (Å²) in [5.41, 5.74) is 2.22. The second-order valence-corrected chi connectivity index (χ2v) is 8.22. The molecule has 0 bridgehead atoms. The highest BCUT2D eigenvalue weighted by atomic mass is 35.5. The average molecular weight is 477 g/mol. The molecule has 172 valence electrons. The molecule has 1 heterocycles. The van der Waals surface area contributed by atoms with Crippen molar-refractivity contribution in [3.05, 3.63) is 87.9 Å². The molecule has 0 aromatic heterocycles. The van der Waals surface area contributed by atoms with Gasteiger partial charge in [-0.3, -0.25) is 9.59 Å². The first-order valence-electron chi connectivity index (χ1n) is 10.7. The van der Waals surface area contributed by atoms with Gasteiger partial charge >= 0.3 is 5.97 Å². The molecule has 4 rings (SSSR count). The Kier molecular flexibility index (Phi) is 7.00.